The van der Waals surface area contributed by atoms with E-state index in [9.17, 15) is 9.59 Å². The highest BCUT2D eigenvalue weighted by atomic mass is 16.5. The van der Waals surface area contributed by atoms with Crippen molar-refractivity contribution in [3.8, 4) is 0 Å². The molecule has 156 valence electrons. The topological polar surface area (TPSA) is 108 Å². The lowest BCUT2D eigenvalue weighted by molar-refractivity contribution is 0.0621. The van der Waals surface area contributed by atoms with Crippen molar-refractivity contribution in [2.24, 2.45) is 0 Å². The van der Waals surface area contributed by atoms with E-state index in [1.165, 1.54) is 0 Å². The van der Waals surface area contributed by atoms with Gasteiger partial charge in [0.1, 0.15) is 23.2 Å². The third kappa shape index (κ3) is 3.70. The predicted octanol–water partition coefficient (Wildman–Crippen LogP) is 2.45. The lowest BCUT2D eigenvalue weighted by Gasteiger charge is -2.30. The summed E-state index contributed by atoms with van der Waals surface area (Å²) in [5.74, 6) is 1.39. The molecule has 1 aliphatic rings. The number of benzene rings is 1. The van der Waals surface area contributed by atoms with Crippen LogP contribution in [0.2, 0.25) is 0 Å². The summed E-state index contributed by atoms with van der Waals surface area (Å²) in [6.07, 6.45) is 0.646. The smallest absolute Gasteiger partial charge is 0.259 e. The number of aryl methyl sites for hydroxylation is 3. The van der Waals surface area contributed by atoms with Gasteiger partial charge in [0.2, 0.25) is 0 Å². The summed E-state index contributed by atoms with van der Waals surface area (Å²) in [5, 5.41) is 11.1. The van der Waals surface area contributed by atoms with Crippen LogP contribution in [-0.4, -0.2) is 61.6 Å². The molecule has 4 rings (SSSR count). The third-order valence-electron chi connectivity index (χ3n) is 5.33. The number of aromatic nitrogens is 4. The van der Waals surface area contributed by atoms with Gasteiger partial charge in [-0.05, 0) is 39.3 Å². The van der Waals surface area contributed by atoms with E-state index >= 15 is 0 Å². The molecule has 0 saturated carbocycles. The predicted molar refractivity (Wildman–Crippen MR) is 108 cm³/mol. The molecule has 1 fully saturated rings. The summed E-state index contributed by atoms with van der Waals surface area (Å²) < 4.78 is 5.18. The Kier molecular flexibility index (Phi) is 5.35. The van der Waals surface area contributed by atoms with E-state index in [1.807, 2.05) is 25.1 Å². The minimum absolute atomic E-state index is 0.102. The van der Waals surface area contributed by atoms with Gasteiger partial charge in [0.25, 0.3) is 11.8 Å². The Morgan fingerprint density at radius 3 is 2.50 bits per heavy atom. The average Bonchev–Trinajstić information content (AvgIpc) is 3.24. The molecule has 2 aromatic heterocycles. The van der Waals surface area contributed by atoms with Crippen LogP contribution in [0.1, 0.15) is 56.3 Å². The fraction of sp³-hybridized carbons (Fsp3) is 0.381. The van der Waals surface area contributed by atoms with E-state index in [0.29, 0.717) is 60.3 Å². The first kappa shape index (κ1) is 19.8. The maximum Gasteiger partial charge on any atom is 0.259 e. The highest BCUT2D eigenvalue weighted by molar-refractivity contribution is 5.97. The fourth-order valence-corrected chi connectivity index (χ4v) is 3.84. The van der Waals surface area contributed by atoms with E-state index in [2.05, 4.69) is 20.3 Å². The van der Waals surface area contributed by atoms with Crippen molar-refractivity contribution in [3.05, 3.63) is 64.6 Å². The molecular weight excluding hydrogens is 384 g/mol. The van der Waals surface area contributed by atoms with Crippen LogP contribution in [-0.2, 0) is 0 Å². The Hall–Kier alpha value is -3.49. The Morgan fingerprint density at radius 2 is 1.87 bits per heavy atom. The molecule has 0 spiro atoms. The van der Waals surface area contributed by atoms with Gasteiger partial charge in [-0.2, -0.15) is 5.10 Å². The van der Waals surface area contributed by atoms with Crippen LogP contribution in [0.5, 0.6) is 0 Å². The molecule has 0 aliphatic carbocycles. The summed E-state index contributed by atoms with van der Waals surface area (Å²) >= 11 is 0. The minimum Gasteiger partial charge on any atom is -0.361 e. The van der Waals surface area contributed by atoms with Gasteiger partial charge in [0.05, 0.1) is 5.69 Å². The van der Waals surface area contributed by atoms with E-state index in [0.717, 1.165) is 0 Å². The van der Waals surface area contributed by atoms with Crippen LogP contribution < -0.4 is 0 Å². The van der Waals surface area contributed by atoms with Crippen LogP contribution in [0, 0.1) is 20.8 Å². The van der Waals surface area contributed by atoms with Crippen molar-refractivity contribution in [1.29, 1.82) is 0 Å². The number of carbonyl (C=O) groups is 2. The van der Waals surface area contributed by atoms with E-state index < -0.39 is 6.04 Å². The SMILES string of the molecule is Cc1nc(C2CN(C(=O)c3c(C)noc3C)CCCN2C(=O)c2ccccc2)n[nH]1. The highest BCUT2D eigenvalue weighted by Gasteiger charge is 2.35. The molecular formula is C21H24N6O3. The van der Waals surface area contributed by atoms with Crippen molar-refractivity contribution in [2.45, 2.75) is 33.2 Å². The van der Waals surface area contributed by atoms with Gasteiger partial charge in [0, 0.05) is 25.2 Å². The van der Waals surface area contributed by atoms with E-state index in [4.69, 9.17) is 4.52 Å². The van der Waals surface area contributed by atoms with E-state index in [-0.39, 0.29) is 11.8 Å². The molecule has 30 heavy (non-hydrogen) atoms. The third-order valence-corrected chi connectivity index (χ3v) is 5.33. The van der Waals surface area contributed by atoms with Gasteiger partial charge in [0.15, 0.2) is 5.82 Å². The molecule has 0 radical (unpaired) electrons. The Bertz CT molecular complexity index is 1040. The number of hydrogen-bond donors (Lipinski definition) is 1. The number of aromatic amines is 1. The molecule has 1 aliphatic heterocycles. The van der Waals surface area contributed by atoms with Crippen molar-refractivity contribution in [1.82, 2.24) is 30.1 Å². The summed E-state index contributed by atoms with van der Waals surface area (Å²) in [4.78, 5) is 34.5. The maximum atomic E-state index is 13.3. The highest BCUT2D eigenvalue weighted by Crippen LogP contribution is 2.27. The van der Waals surface area contributed by atoms with Gasteiger partial charge in [-0.25, -0.2) is 4.98 Å². The molecule has 9 nitrogen and oxygen atoms in total. The summed E-state index contributed by atoms with van der Waals surface area (Å²) in [5.41, 5.74) is 1.63. The molecule has 1 N–H and O–H groups in total. The lowest BCUT2D eigenvalue weighted by Crippen LogP contribution is -2.41. The van der Waals surface area contributed by atoms with Gasteiger partial charge in [-0.3, -0.25) is 14.7 Å². The zero-order valence-electron chi connectivity index (χ0n) is 17.3. The van der Waals surface area contributed by atoms with Gasteiger partial charge >= 0.3 is 0 Å². The molecule has 3 aromatic rings. The van der Waals surface area contributed by atoms with Crippen molar-refractivity contribution in [3.63, 3.8) is 0 Å². The molecule has 9 heteroatoms. The number of hydrogen-bond acceptors (Lipinski definition) is 6. The second-order valence-electron chi connectivity index (χ2n) is 7.46. The quantitative estimate of drug-likeness (QED) is 0.713. The largest absolute Gasteiger partial charge is 0.361 e. The molecule has 2 amide bonds. The van der Waals surface area contributed by atoms with Crippen LogP contribution in [0.4, 0.5) is 0 Å². The molecule has 1 atom stereocenters. The van der Waals surface area contributed by atoms with Gasteiger partial charge in [-0.1, -0.05) is 23.4 Å². The maximum absolute atomic E-state index is 13.3. The number of amides is 2. The lowest BCUT2D eigenvalue weighted by atomic mass is 10.1. The van der Waals surface area contributed by atoms with Crippen LogP contribution in [0.25, 0.3) is 0 Å². The van der Waals surface area contributed by atoms with E-state index in [1.54, 1.807) is 35.8 Å². The normalized spacial score (nSPS) is 17.1. The van der Waals surface area contributed by atoms with Crippen LogP contribution >= 0.6 is 0 Å². The number of H-pyrrole nitrogens is 1. The second-order valence-corrected chi connectivity index (χ2v) is 7.46. The van der Waals surface area contributed by atoms with Gasteiger partial charge < -0.3 is 14.3 Å². The van der Waals surface area contributed by atoms with Crippen molar-refractivity contribution in [2.75, 3.05) is 19.6 Å². The van der Waals surface area contributed by atoms with Crippen LogP contribution in [0.3, 0.4) is 0 Å². The Labute approximate surface area is 174 Å². The number of carbonyl (C=O) groups excluding carboxylic acids is 2. The monoisotopic (exact) mass is 408 g/mol. The molecule has 3 heterocycles. The van der Waals surface area contributed by atoms with Crippen molar-refractivity contribution < 1.29 is 14.1 Å². The second kappa shape index (κ2) is 8.10. The first-order valence-electron chi connectivity index (χ1n) is 9.92. The van der Waals surface area contributed by atoms with Gasteiger partial charge in [-0.15, -0.1) is 0 Å². The molecule has 0 bridgehead atoms. The standard InChI is InChI=1S/C21H24N6O3/c1-13-18(14(2)30-25-13)21(29)26-10-7-11-27(20(28)16-8-5-4-6-9-16)17(12-26)19-22-15(3)23-24-19/h4-6,8-9,17H,7,10-12H2,1-3H3,(H,22,23,24). The summed E-state index contributed by atoms with van der Waals surface area (Å²) in [6, 6.07) is 8.67. The number of nitrogens with one attached hydrogen (secondary N) is 1. The van der Waals surface area contributed by atoms with Crippen LogP contribution in [0.15, 0.2) is 34.9 Å². The fourth-order valence-electron chi connectivity index (χ4n) is 3.84. The molecule has 1 aromatic carbocycles. The molecule has 1 saturated heterocycles. The zero-order chi connectivity index (χ0) is 21.3. The minimum atomic E-state index is -0.463. The zero-order valence-corrected chi connectivity index (χ0v) is 17.3. The summed E-state index contributed by atoms with van der Waals surface area (Å²) in [7, 11) is 0. The Morgan fingerprint density at radius 1 is 1.10 bits per heavy atom. The summed E-state index contributed by atoms with van der Waals surface area (Å²) in [6.45, 7) is 6.59. The Balaban J connectivity index is 1.68. The first-order chi connectivity index (χ1) is 14.5. The number of nitrogens with zero attached hydrogens (tertiary/aromatic N) is 5. The number of rotatable bonds is 3. The molecule has 1 unspecified atom stereocenters. The first-order valence-corrected chi connectivity index (χ1v) is 9.92. The average molecular weight is 408 g/mol. The van der Waals surface area contributed by atoms with Crippen molar-refractivity contribution >= 4 is 11.8 Å².